The molecular weight excluding hydrogens is 184 g/mol. The molecule has 0 radical (unpaired) electrons. The maximum atomic E-state index is 10.3. The monoisotopic (exact) mass is 200 g/mol. The van der Waals surface area contributed by atoms with E-state index in [1.54, 1.807) is 0 Å². The molecule has 0 saturated carbocycles. The largest absolute Gasteiger partial charge is 0.412 e. The molecule has 8 N–H and O–H groups in total. The van der Waals surface area contributed by atoms with Crippen LogP contribution in [0.4, 0.5) is 0 Å². The topological polar surface area (TPSA) is 132 Å². The fraction of sp³-hybridized carbons (Fsp3) is 0.833. The molecule has 12 heavy (non-hydrogen) atoms. The second kappa shape index (κ2) is 10.8. The minimum atomic E-state index is -0.506. The first-order valence-corrected chi connectivity index (χ1v) is 3.71. The van der Waals surface area contributed by atoms with E-state index < -0.39 is 11.3 Å². The summed E-state index contributed by atoms with van der Waals surface area (Å²) in [7, 11) is 0. The molecule has 0 aromatic heterocycles. The highest BCUT2D eigenvalue weighted by molar-refractivity contribution is 6.64. The number of rotatable bonds is 5. The Bertz CT molecular complexity index is 113. The maximum absolute atomic E-state index is 10.3. The van der Waals surface area contributed by atoms with Crippen molar-refractivity contribution in [3.05, 3.63) is 0 Å². The van der Waals surface area contributed by atoms with E-state index in [4.69, 9.17) is 23.1 Å². The quantitative estimate of drug-likeness (QED) is 0.416. The number of hydrogen-bond donors (Lipinski definition) is 2. The van der Waals surface area contributed by atoms with Gasteiger partial charge < -0.3 is 22.4 Å². The van der Waals surface area contributed by atoms with Crippen molar-refractivity contribution < 1.29 is 15.7 Å². The van der Waals surface area contributed by atoms with Crippen LogP contribution in [0.5, 0.6) is 0 Å². The third kappa shape index (κ3) is 9.80. The van der Waals surface area contributed by atoms with E-state index in [2.05, 4.69) is 0 Å². The molecule has 0 aromatic carbocycles. The molecule has 0 heterocycles. The summed E-state index contributed by atoms with van der Waals surface area (Å²) in [6.45, 7) is 0.642. The highest BCUT2D eigenvalue weighted by Gasteiger charge is 2.08. The lowest BCUT2D eigenvalue weighted by Crippen LogP contribution is -2.26. The highest BCUT2D eigenvalue weighted by Crippen LogP contribution is 2.00. The predicted octanol–water partition coefficient (Wildman–Crippen LogP) is -1.44. The van der Waals surface area contributed by atoms with E-state index in [0.717, 1.165) is 12.8 Å². The van der Waals surface area contributed by atoms with Gasteiger partial charge in [-0.3, -0.25) is 4.79 Å². The van der Waals surface area contributed by atoms with E-state index >= 15 is 0 Å². The predicted molar refractivity (Wildman–Crippen MR) is 49.0 cm³/mol. The van der Waals surface area contributed by atoms with Crippen LogP contribution in [0.1, 0.15) is 19.3 Å². The second-order valence-electron chi connectivity index (χ2n) is 2.20. The van der Waals surface area contributed by atoms with E-state index in [1.807, 2.05) is 0 Å². The molecule has 0 aromatic rings. The number of hydrogen-bond acceptors (Lipinski definition) is 3. The SMILES string of the molecule is NCCCC[C@H](N)C(=O)Cl.O.O. The van der Waals surface area contributed by atoms with Crippen molar-refractivity contribution >= 4 is 16.8 Å². The molecule has 76 valence electrons. The average Bonchev–Trinajstić information content (AvgIpc) is 1.88. The third-order valence-corrected chi connectivity index (χ3v) is 1.54. The summed E-state index contributed by atoms with van der Waals surface area (Å²) in [6.07, 6.45) is 2.41. The Hall–Kier alpha value is -0.200. The normalized spacial score (nSPS) is 10.9. The fourth-order valence-corrected chi connectivity index (χ4v) is 0.731. The van der Waals surface area contributed by atoms with E-state index in [-0.39, 0.29) is 11.0 Å². The standard InChI is InChI=1S/C6H13ClN2O.2H2O/c7-6(10)5(9)3-1-2-4-8;;/h5H,1-4,8-9H2;2*1H2/t5-;;/m0../s1. The minimum Gasteiger partial charge on any atom is -0.412 e. The molecule has 0 unspecified atom stereocenters. The van der Waals surface area contributed by atoms with Gasteiger partial charge in [-0.1, -0.05) is 6.42 Å². The molecule has 0 saturated heterocycles. The summed E-state index contributed by atoms with van der Waals surface area (Å²) in [5.41, 5.74) is 10.6. The summed E-state index contributed by atoms with van der Waals surface area (Å²) >= 11 is 5.11. The van der Waals surface area contributed by atoms with E-state index in [0.29, 0.717) is 13.0 Å². The van der Waals surface area contributed by atoms with Crippen LogP contribution in [0.3, 0.4) is 0 Å². The van der Waals surface area contributed by atoms with Gasteiger partial charge in [0, 0.05) is 0 Å². The highest BCUT2D eigenvalue weighted by atomic mass is 35.5. The van der Waals surface area contributed by atoms with Gasteiger partial charge in [-0.2, -0.15) is 0 Å². The third-order valence-electron chi connectivity index (χ3n) is 1.26. The molecular formula is C6H17ClN2O3. The van der Waals surface area contributed by atoms with Crippen LogP contribution in [0.25, 0.3) is 0 Å². The Labute approximate surface area is 76.7 Å². The lowest BCUT2D eigenvalue weighted by atomic mass is 10.1. The van der Waals surface area contributed by atoms with Gasteiger partial charge in [0.1, 0.15) is 0 Å². The number of carbonyl (C=O) groups is 1. The van der Waals surface area contributed by atoms with Crippen molar-refractivity contribution in [1.82, 2.24) is 0 Å². The number of carbonyl (C=O) groups excluding carboxylic acids is 1. The van der Waals surface area contributed by atoms with Crippen LogP contribution in [0.2, 0.25) is 0 Å². The van der Waals surface area contributed by atoms with Gasteiger partial charge in [-0.05, 0) is 31.0 Å². The average molecular weight is 201 g/mol. The first kappa shape index (κ1) is 17.8. The van der Waals surface area contributed by atoms with Crippen molar-refractivity contribution in [3.8, 4) is 0 Å². The fourth-order valence-electron chi connectivity index (χ4n) is 0.622. The molecule has 0 rings (SSSR count). The Morgan fingerprint density at radius 1 is 1.33 bits per heavy atom. The number of nitrogens with two attached hydrogens (primary N) is 2. The van der Waals surface area contributed by atoms with Crippen molar-refractivity contribution in [2.24, 2.45) is 11.5 Å². The van der Waals surface area contributed by atoms with Crippen LogP contribution in [0, 0.1) is 0 Å². The molecule has 5 nitrogen and oxygen atoms in total. The molecule has 0 fully saturated rings. The van der Waals surface area contributed by atoms with Gasteiger partial charge in [0.05, 0.1) is 6.04 Å². The van der Waals surface area contributed by atoms with Crippen molar-refractivity contribution in [3.63, 3.8) is 0 Å². The number of unbranched alkanes of at least 4 members (excludes halogenated alkanes) is 1. The minimum absolute atomic E-state index is 0. The summed E-state index contributed by atoms with van der Waals surface area (Å²) in [5, 5.41) is -0.461. The molecule has 0 aliphatic rings. The Morgan fingerprint density at radius 2 is 1.83 bits per heavy atom. The van der Waals surface area contributed by atoms with Gasteiger partial charge in [-0.25, -0.2) is 0 Å². The Balaban J connectivity index is -0.000000405. The van der Waals surface area contributed by atoms with Crippen LogP contribution in [-0.2, 0) is 4.79 Å². The molecule has 0 spiro atoms. The molecule has 0 amide bonds. The van der Waals surface area contributed by atoms with Crippen LogP contribution in [0.15, 0.2) is 0 Å². The lowest BCUT2D eigenvalue weighted by Gasteiger charge is -2.03. The van der Waals surface area contributed by atoms with Crippen LogP contribution >= 0.6 is 11.6 Å². The van der Waals surface area contributed by atoms with Gasteiger partial charge in [0.2, 0.25) is 5.24 Å². The zero-order chi connectivity index (χ0) is 7.98. The van der Waals surface area contributed by atoms with Crippen molar-refractivity contribution in [2.75, 3.05) is 6.54 Å². The van der Waals surface area contributed by atoms with Gasteiger partial charge in [0.15, 0.2) is 0 Å². The second-order valence-corrected chi connectivity index (χ2v) is 2.57. The van der Waals surface area contributed by atoms with Gasteiger partial charge >= 0.3 is 0 Å². The molecule has 0 bridgehead atoms. The maximum Gasteiger partial charge on any atom is 0.238 e. The van der Waals surface area contributed by atoms with Crippen molar-refractivity contribution in [1.29, 1.82) is 0 Å². The van der Waals surface area contributed by atoms with Crippen molar-refractivity contribution in [2.45, 2.75) is 25.3 Å². The molecule has 1 atom stereocenters. The zero-order valence-corrected chi connectivity index (χ0v) is 7.60. The Kier molecular flexibility index (Phi) is 16.0. The summed E-state index contributed by atoms with van der Waals surface area (Å²) in [6, 6.07) is -0.506. The van der Waals surface area contributed by atoms with E-state index in [1.165, 1.54) is 0 Å². The van der Waals surface area contributed by atoms with Crippen LogP contribution < -0.4 is 11.5 Å². The first-order valence-electron chi connectivity index (χ1n) is 3.33. The summed E-state index contributed by atoms with van der Waals surface area (Å²) < 4.78 is 0. The van der Waals surface area contributed by atoms with E-state index in [9.17, 15) is 4.79 Å². The Morgan fingerprint density at radius 3 is 2.17 bits per heavy atom. The molecule has 0 aliphatic carbocycles. The molecule has 6 heteroatoms. The zero-order valence-electron chi connectivity index (χ0n) is 6.85. The molecule has 0 aliphatic heterocycles. The lowest BCUT2D eigenvalue weighted by molar-refractivity contribution is -0.112. The van der Waals surface area contributed by atoms with Gasteiger partial charge in [-0.15, -0.1) is 0 Å². The number of halogens is 1. The van der Waals surface area contributed by atoms with Crippen LogP contribution in [-0.4, -0.2) is 28.8 Å². The smallest absolute Gasteiger partial charge is 0.238 e. The summed E-state index contributed by atoms with van der Waals surface area (Å²) in [5.74, 6) is 0. The van der Waals surface area contributed by atoms with Gasteiger partial charge in [0.25, 0.3) is 0 Å². The summed E-state index contributed by atoms with van der Waals surface area (Å²) in [4.78, 5) is 10.3. The first-order chi connectivity index (χ1) is 4.68.